The van der Waals surface area contributed by atoms with E-state index in [0.717, 1.165) is 6.07 Å². The number of anilines is 1. The quantitative estimate of drug-likeness (QED) is 0.540. The summed E-state index contributed by atoms with van der Waals surface area (Å²) in [6.07, 6.45) is 0. The number of aliphatic hydroxyl groups excluding tert-OH is 1. The van der Waals surface area contributed by atoms with Gasteiger partial charge in [-0.2, -0.15) is 0 Å². The lowest BCUT2D eigenvalue weighted by atomic mass is 10.1. The fourth-order valence-corrected chi connectivity index (χ4v) is 1.31. The van der Waals surface area contributed by atoms with Gasteiger partial charge in [0.25, 0.3) is 5.69 Å². The highest BCUT2D eigenvalue weighted by molar-refractivity contribution is 5.93. The van der Waals surface area contributed by atoms with Gasteiger partial charge < -0.3 is 15.5 Å². The van der Waals surface area contributed by atoms with E-state index in [4.69, 9.17) is 10.2 Å². The van der Waals surface area contributed by atoms with Gasteiger partial charge in [-0.3, -0.25) is 10.1 Å². The maximum atomic E-state index is 13.5. The first-order chi connectivity index (χ1) is 8.36. The van der Waals surface area contributed by atoms with Crippen LogP contribution in [-0.2, 0) is 0 Å². The minimum absolute atomic E-state index is 0.209. The molecule has 0 radical (unpaired) electrons. The van der Waals surface area contributed by atoms with Gasteiger partial charge in [0.1, 0.15) is 5.56 Å². The molecule has 0 heterocycles. The van der Waals surface area contributed by atoms with E-state index in [1.165, 1.54) is 0 Å². The van der Waals surface area contributed by atoms with Gasteiger partial charge in [-0.25, -0.2) is 9.18 Å². The molecule has 0 aliphatic heterocycles. The van der Waals surface area contributed by atoms with Crippen molar-refractivity contribution in [1.29, 1.82) is 0 Å². The van der Waals surface area contributed by atoms with Crippen LogP contribution in [-0.4, -0.2) is 33.8 Å². The Hall–Kier alpha value is -2.22. The average molecular weight is 258 g/mol. The lowest BCUT2D eigenvalue weighted by Crippen LogP contribution is -2.20. The van der Waals surface area contributed by atoms with Crippen LogP contribution in [0.2, 0.25) is 0 Å². The summed E-state index contributed by atoms with van der Waals surface area (Å²) >= 11 is 0. The van der Waals surface area contributed by atoms with Crippen molar-refractivity contribution in [1.82, 2.24) is 0 Å². The van der Waals surface area contributed by atoms with Crippen LogP contribution < -0.4 is 5.32 Å². The number of carboxylic acids is 1. The van der Waals surface area contributed by atoms with Crippen molar-refractivity contribution in [2.45, 2.75) is 13.0 Å². The highest BCUT2D eigenvalue weighted by Crippen LogP contribution is 2.26. The molecule has 0 aliphatic carbocycles. The number of nitrogens with zero attached hydrogens (tertiary/aromatic N) is 1. The molecule has 1 unspecified atom stereocenters. The summed E-state index contributed by atoms with van der Waals surface area (Å²) in [4.78, 5) is 20.5. The van der Waals surface area contributed by atoms with E-state index in [2.05, 4.69) is 5.32 Å². The van der Waals surface area contributed by atoms with E-state index < -0.39 is 34.0 Å². The van der Waals surface area contributed by atoms with Crippen LogP contribution >= 0.6 is 0 Å². The van der Waals surface area contributed by atoms with Crippen LogP contribution in [0.1, 0.15) is 17.3 Å². The van der Waals surface area contributed by atoms with Gasteiger partial charge in [0.15, 0.2) is 5.82 Å². The van der Waals surface area contributed by atoms with Crippen LogP contribution in [0.25, 0.3) is 0 Å². The lowest BCUT2D eigenvalue weighted by molar-refractivity contribution is -0.385. The predicted molar refractivity (Wildman–Crippen MR) is 60.2 cm³/mol. The second kappa shape index (κ2) is 5.41. The third-order valence-corrected chi connectivity index (χ3v) is 2.19. The first kappa shape index (κ1) is 13.8. The molecular weight excluding hydrogens is 247 g/mol. The number of benzene rings is 1. The maximum absolute atomic E-state index is 13.5. The Bertz CT molecular complexity index is 491. The Kier molecular flexibility index (Phi) is 4.16. The van der Waals surface area contributed by atoms with Crippen molar-refractivity contribution in [3.63, 3.8) is 0 Å². The molecular formula is C10H11FN2O5. The van der Waals surface area contributed by atoms with Crippen molar-refractivity contribution in [3.8, 4) is 0 Å². The third kappa shape index (κ3) is 2.92. The van der Waals surface area contributed by atoms with Crippen LogP contribution in [0.5, 0.6) is 0 Å². The largest absolute Gasteiger partial charge is 0.477 e. The molecule has 1 aromatic carbocycles. The second-order valence-electron chi connectivity index (χ2n) is 3.64. The van der Waals surface area contributed by atoms with Crippen molar-refractivity contribution >= 4 is 17.3 Å². The second-order valence-corrected chi connectivity index (χ2v) is 3.64. The Labute approximate surface area is 101 Å². The van der Waals surface area contributed by atoms with Gasteiger partial charge in [-0.15, -0.1) is 0 Å². The number of nitro groups is 1. The van der Waals surface area contributed by atoms with Crippen LogP contribution in [0.15, 0.2) is 12.1 Å². The summed E-state index contributed by atoms with van der Waals surface area (Å²) in [5, 5.41) is 30.7. The van der Waals surface area contributed by atoms with Gasteiger partial charge in [0.2, 0.25) is 0 Å². The Balaban J connectivity index is 3.27. The summed E-state index contributed by atoms with van der Waals surface area (Å²) in [7, 11) is 0. The normalized spacial score (nSPS) is 11.9. The van der Waals surface area contributed by atoms with E-state index in [0.29, 0.717) is 6.07 Å². The third-order valence-electron chi connectivity index (χ3n) is 2.19. The number of rotatable bonds is 5. The topological polar surface area (TPSA) is 113 Å². The Morgan fingerprint density at radius 1 is 1.61 bits per heavy atom. The van der Waals surface area contributed by atoms with Crippen LogP contribution in [0.4, 0.5) is 15.8 Å². The Morgan fingerprint density at radius 3 is 2.67 bits per heavy atom. The molecule has 0 spiro atoms. The van der Waals surface area contributed by atoms with Gasteiger partial charge in [-0.1, -0.05) is 0 Å². The average Bonchev–Trinajstić information content (AvgIpc) is 2.30. The fourth-order valence-electron chi connectivity index (χ4n) is 1.31. The van der Waals surface area contributed by atoms with Crippen molar-refractivity contribution in [2.24, 2.45) is 0 Å². The molecule has 7 nitrogen and oxygen atoms in total. The molecule has 0 aliphatic rings. The van der Waals surface area contributed by atoms with E-state index in [1.807, 2.05) is 0 Å². The number of aromatic carboxylic acids is 1. The number of nitrogens with one attached hydrogen (secondary N) is 1. The van der Waals surface area contributed by atoms with Gasteiger partial charge in [0.05, 0.1) is 23.3 Å². The van der Waals surface area contributed by atoms with E-state index in [1.54, 1.807) is 6.92 Å². The summed E-state index contributed by atoms with van der Waals surface area (Å²) < 4.78 is 13.5. The van der Waals surface area contributed by atoms with Crippen molar-refractivity contribution < 1.29 is 24.3 Å². The van der Waals surface area contributed by atoms with Crippen LogP contribution in [0.3, 0.4) is 0 Å². The molecule has 0 aromatic heterocycles. The minimum Gasteiger partial charge on any atom is -0.477 e. The van der Waals surface area contributed by atoms with Gasteiger partial charge in [0, 0.05) is 6.04 Å². The summed E-state index contributed by atoms with van der Waals surface area (Å²) in [6.45, 7) is 1.25. The number of nitro benzene ring substituents is 1. The van der Waals surface area contributed by atoms with Crippen molar-refractivity contribution in [3.05, 3.63) is 33.6 Å². The zero-order chi connectivity index (χ0) is 13.9. The minimum atomic E-state index is -1.53. The number of hydrogen-bond acceptors (Lipinski definition) is 5. The molecule has 0 fully saturated rings. The SMILES string of the molecule is CC(CO)Nc1cc(C(=O)O)c([N+](=O)[O-])cc1F. The molecule has 0 bridgehead atoms. The summed E-state index contributed by atoms with van der Waals surface area (Å²) in [5.74, 6) is -2.48. The molecule has 0 saturated carbocycles. The predicted octanol–water partition coefficient (Wildman–Crippen LogP) is 1.22. The number of aliphatic hydroxyl groups is 1. The maximum Gasteiger partial charge on any atom is 0.342 e. The summed E-state index contributed by atoms with van der Waals surface area (Å²) in [6, 6.07) is 0.861. The number of carbonyl (C=O) groups is 1. The molecule has 0 saturated heterocycles. The zero-order valence-corrected chi connectivity index (χ0v) is 9.38. The molecule has 18 heavy (non-hydrogen) atoms. The van der Waals surface area contributed by atoms with E-state index in [-0.39, 0.29) is 12.3 Å². The Morgan fingerprint density at radius 2 is 2.22 bits per heavy atom. The fraction of sp³-hybridized carbons (Fsp3) is 0.300. The zero-order valence-electron chi connectivity index (χ0n) is 9.38. The highest BCUT2D eigenvalue weighted by atomic mass is 19.1. The van der Waals surface area contributed by atoms with E-state index in [9.17, 15) is 19.3 Å². The van der Waals surface area contributed by atoms with Crippen LogP contribution in [0, 0.1) is 15.9 Å². The molecule has 98 valence electrons. The highest BCUT2D eigenvalue weighted by Gasteiger charge is 2.23. The molecule has 1 atom stereocenters. The molecule has 1 aromatic rings. The number of halogens is 1. The molecule has 1 rings (SSSR count). The first-order valence-electron chi connectivity index (χ1n) is 4.95. The van der Waals surface area contributed by atoms with E-state index >= 15 is 0 Å². The van der Waals surface area contributed by atoms with Crippen molar-refractivity contribution in [2.75, 3.05) is 11.9 Å². The number of carboxylic acid groups (broad SMARTS) is 1. The molecule has 0 amide bonds. The smallest absolute Gasteiger partial charge is 0.342 e. The standard InChI is InChI=1S/C10H11FN2O5/c1-5(4-14)12-8-2-6(10(15)16)9(13(17)18)3-7(8)11/h2-3,5,12,14H,4H2,1H3,(H,15,16). The summed E-state index contributed by atoms with van der Waals surface area (Å²) in [5.41, 5.74) is -1.64. The first-order valence-corrected chi connectivity index (χ1v) is 4.95. The molecule has 3 N–H and O–H groups in total. The lowest BCUT2D eigenvalue weighted by Gasteiger charge is -2.13. The van der Waals surface area contributed by atoms with Gasteiger partial charge >= 0.3 is 5.97 Å². The number of hydrogen-bond donors (Lipinski definition) is 3. The van der Waals surface area contributed by atoms with Gasteiger partial charge in [-0.05, 0) is 13.0 Å². The monoisotopic (exact) mass is 258 g/mol. The molecule has 8 heteroatoms.